The number of nitrogens with zero attached hydrogens (tertiary/aromatic N) is 2. The van der Waals surface area contributed by atoms with E-state index in [1.807, 2.05) is 13.1 Å². The van der Waals surface area contributed by atoms with E-state index in [1.165, 1.54) is 5.56 Å². The lowest BCUT2D eigenvalue weighted by Gasteiger charge is -2.09. The third-order valence-electron chi connectivity index (χ3n) is 3.31. The normalized spacial score (nSPS) is 12.2. The molecule has 1 N–H and O–H groups in total. The number of hydrogen-bond donors (Lipinski definition) is 1. The number of hydrogen-bond acceptors (Lipinski definition) is 3. The van der Waals surface area contributed by atoms with Gasteiger partial charge in [0.05, 0.1) is 5.69 Å². The van der Waals surface area contributed by atoms with Gasteiger partial charge in [-0.3, -0.25) is 0 Å². The highest BCUT2D eigenvalue weighted by Gasteiger charge is 2.04. The predicted molar refractivity (Wildman–Crippen MR) is 75.7 cm³/mol. The van der Waals surface area contributed by atoms with Crippen LogP contribution in [0.2, 0.25) is 0 Å². The molecule has 94 valence electrons. The fraction of sp³-hybridized carbons (Fsp3) is 0.333. The van der Waals surface area contributed by atoms with Crippen molar-refractivity contribution in [3.63, 3.8) is 0 Å². The van der Waals surface area contributed by atoms with E-state index in [9.17, 15) is 0 Å². The van der Waals surface area contributed by atoms with Crippen LogP contribution >= 0.6 is 0 Å². The average molecular weight is 241 g/mol. The van der Waals surface area contributed by atoms with Crippen molar-refractivity contribution in [1.82, 2.24) is 9.97 Å². The lowest BCUT2D eigenvalue weighted by atomic mass is 9.97. The second kappa shape index (κ2) is 5.63. The molecular weight excluding hydrogens is 222 g/mol. The summed E-state index contributed by atoms with van der Waals surface area (Å²) in [6.45, 7) is 4.46. The molecule has 1 unspecified atom stereocenters. The Morgan fingerprint density at radius 1 is 1.17 bits per heavy atom. The van der Waals surface area contributed by atoms with E-state index in [-0.39, 0.29) is 0 Å². The Balaban J connectivity index is 2.28. The number of anilines is 1. The molecule has 2 aromatic rings. The van der Waals surface area contributed by atoms with Crippen LogP contribution in [0.25, 0.3) is 11.3 Å². The number of aromatic nitrogens is 2. The molecule has 0 saturated heterocycles. The molecule has 1 aromatic carbocycles. The molecule has 0 aliphatic rings. The molecule has 0 spiro atoms. The molecule has 0 aliphatic heterocycles. The number of benzene rings is 1. The lowest BCUT2D eigenvalue weighted by molar-refractivity contribution is 0.734. The van der Waals surface area contributed by atoms with Crippen molar-refractivity contribution in [1.29, 1.82) is 0 Å². The van der Waals surface area contributed by atoms with Crippen LogP contribution in [0.4, 0.5) is 5.82 Å². The van der Waals surface area contributed by atoms with E-state index >= 15 is 0 Å². The van der Waals surface area contributed by atoms with Gasteiger partial charge in [0.1, 0.15) is 12.1 Å². The molecule has 3 heteroatoms. The van der Waals surface area contributed by atoms with E-state index in [2.05, 4.69) is 53.4 Å². The Kier molecular flexibility index (Phi) is 3.92. The van der Waals surface area contributed by atoms with Gasteiger partial charge in [0.25, 0.3) is 0 Å². The van der Waals surface area contributed by atoms with Crippen molar-refractivity contribution in [2.24, 2.45) is 0 Å². The summed E-state index contributed by atoms with van der Waals surface area (Å²) in [6.07, 6.45) is 2.75. The molecule has 1 atom stereocenters. The van der Waals surface area contributed by atoms with Crippen LogP contribution in [0.1, 0.15) is 31.7 Å². The quantitative estimate of drug-likeness (QED) is 0.887. The standard InChI is InChI=1S/C15H19N3/c1-4-11(2)12-5-7-13(8-6-12)14-9-15(16-3)18-10-17-14/h5-11H,4H2,1-3H3,(H,16,17,18). The maximum atomic E-state index is 4.30. The number of rotatable bonds is 4. The van der Waals surface area contributed by atoms with Gasteiger partial charge in [-0.2, -0.15) is 0 Å². The van der Waals surface area contributed by atoms with Gasteiger partial charge in [0, 0.05) is 18.7 Å². The molecule has 0 bridgehead atoms. The maximum absolute atomic E-state index is 4.30. The van der Waals surface area contributed by atoms with E-state index in [1.54, 1.807) is 6.33 Å². The fourth-order valence-electron chi connectivity index (χ4n) is 1.87. The van der Waals surface area contributed by atoms with Gasteiger partial charge in [-0.15, -0.1) is 0 Å². The third kappa shape index (κ3) is 2.67. The van der Waals surface area contributed by atoms with Crippen molar-refractivity contribution >= 4 is 5.82 Å². The molecule has 2 rings (SSSR count). The highest BCUT2D eigenvalue weighted by molar-refractivity contribution is 5.62. The Morgan fingerprint density at radius 2 is 1.89 bits per heavy atom. The molecule has 1 aromatic heterocycles. The minimum Gasteiger partial charge on any atom is -0.373 e. The highest BCUT2D eigenvalue weighted by Crippen LogP contribution is 2.23. The minimum atomic E-state index is 0.609. The van der Waals surface area contributed by atoms with Crippen LogP contribution in [0, 0.1) is 0 Å². The van der Waals surface area contributed by atoms with Gasteiger partial charge in [-0.25, -0.2) is 9.97 Å². The summed E-state index contributed by atoms with van der Waals surface area (Å²) in [4.78, 5) is 8.42. The summed E-state index contributed by atoms with van der Waals surface area (Å²) in [6, 6.07) is 10.6. The van der Waals surface area contributed by atoms with Crippen LogP contribution in [0.15, 0.2) is 36.7 Å². The van der Waals surface area contributed by atoms with Crippen LogP contribution in [0.3, 0.4) is 0 Å². The summed E-state index contributed by atoms with van der Waals surface area (Å²) in [5.74, 6) is 1.45. The molecule has 18 heavy (non-hydrogen) atoms. The van der Waals surface area contributed by atoms with E-state index < -0.39 is 0 Å². The molecule has 0 fully saturated rings. The summed E-state index contributed by atoms with van der Waals surface area (Å²) >= 11 is 0. The molecule has 0 saturated carbocycles. The van der Waals surface area contributed by atoms with Gasteiger partial charge in [-0.1, -0.05) is 38.1 Å². The van der Waals surface area contributed by atoms with Crippen molar-refractivity contribution in [2.45, 2.75) is 26.2 Å². The summed E-state index contributed by atoms with van der Waals surface area (Å²) in [7, 11) is 1.86. The molecule has 1 heterocycles. The van der Waals surface area contributed by atoms with Gasteiger partial charge in [0.2, 0.25) is 0 Å². The van der Waals surface area contributed by atoms with Gasteiger partial charge >= 0.3 is 0 Å². The zero-order chi connectivity index (χ0) is 13.0. The second-order valence-electron chi connectivity index (χ2n) is 4.47. The van der Waals surface area contributed by atoms with Crippen molar-refractivity contribution in [3.8, 4) is 11.3 Å². The van der Waals surface area contributed by atoms with E-state index in [4.69, 9.17) is 0 Å². The SMILES string of the molecule is CCC(C)c1ccc(-c2cc(NC)ncn2)cc1. The van der Waals surface area contributed by atoms with E-state index in [0.717, 1.165) is 23.5 Å². The van der Waals surface area contributed by atoms with Crippen LogP contribution in [0.5, 0.6) is 0 Å². The minimum absolute atomic E-state index is 0.609. The van der Waals surface area contributed by atoms with Gasteiger partial charge in [-0.05, 0) is 17.9 Å². The maximum Gasteiger partial charge on any atom is 0.129 e. The largest absolute Gasteiger partial charge is 0.373 e. The smallest absolute Gasteiger partial charge is 0.129 e. The Hall–Kier alpha value is -1.90. The first-order chi connectivity index (χ1) is 8.74. The predicted octanol–water partition coefficient (Wildman–Crippen LogP) is 3.70. The van der Waals surface area contributed by atoms with Crippen molar-refractivity contribution in [2.75, 3.05) is 12.4 Å². The molecule has 0 radical (unpaired) electrons. The summed E-state index contributed by atoms with van der Waals surface area (Å²) in [5, 5.41) is 3.02. The van der Waals surface area contributed by atoms with E-state index in [0.29, 0.717) is 5.92 Å². The average Bonchev–Trinajstić information content (AvgIpc) is 2.46. The van der Waals surface area contributed by atoms with Gasteiger partial charge < -0.3 is 5.32 Å². The summed E-state index contributed by atoms with van der Waals surface area (Å²) in [5.41, 5.74) is 3.45. The third-order valence-corrected chi connectivity index (χ3v) is 3.31. The molecule has 3 nitrogen and oxygen atoms in total. The zero-order valence-corrected chi connectivity index (χ0v) is 11.1. The monoisotopic (exact) mass is 241 g/mol. The van der Waals surface area contributed by atoms with Crippen LogP contribution in [-0.4, -0.2) is 17.0 Å². The first kappa shape index (κ1) is 12.6. The first-order valence-electron chi connectivity index (χ1n) is 6.34. The number of nitrogens with one attached hydrogen (secondary N) is 1. The summed E-state index contributed by atoms with van der Waals surface area (Å²) < 4.78 is 0. The van der Waals surface area contributed by atoms with Gasteiger partial charge in [0.15, 0.2) is 0 Å². The molecule has 0 aliphatic carbocycles. The Morgan fingerprint density at radius 3 is 2.50 bits per heavy atom. The fourth-order valence-corrected chi connectivity index (χ4v) is 1.87. The van der Waals surface area contributed by atoms with Crippen molar-refractivity contribution < 1.29 is 0 Å². The second-order valence-corrected chi connectivity index (χ2v) is 4.47. The Labute approximate surface area is 108 Å². The van der Waals surface area contributed by atoms with Crippen LogP contribution < -0.4 is 5.32 Å². The zero-order valence-electron chi connectivity index (χ0n) is 11.1. The highest BCUT2D eigenvalue weighted by atomic mass is 15.0. The van der Waals surface area contributed by atoms with Crippen molar-refractivity contribution in [3.05, 3.63) is 42.2 Å². The topological polar surface area (TPSA) is 37.8 Å². The lowest BCUT2D eigenvalue weighted by Crippen LogP contribution is -1.95. The molecule has 0 amide bonds. The molecular formula is C15H19N3. The first-order valence-corrected chi connectivity index (χ1v) is 6.34. The Bertz CT molecular complexity index is 505. The van der Waals surface area contributed by atoms with Crippen LogP contribution in [-0.2, 0) is 0 Å².